The summed E-state index contributed by atoms with van der Waals surface area (Å²) >= 11 is 0. The fourth-order valence-corrected chi connectivity index (χ4v) is 1.78. The van der Waals surface area contributed by atoms with Gasteiger partial charge in [0.15, 0.2) is 0 Å². The second-order valence-corrected chi connectivity index (χ2v) is 3.62. The van der Waals surface area contributed by atoms with Gasteiger partial charge in [-0.2, -0.15) is 0 Å². The highest BCUT2D eigenvalue weighted by Crippen LogP contribution is 2.27. The molecule has 0 bridgehead atoms. The lowest BCUT2D eigenvalue weighted by Crippen LogP contribution is -1.92. The minimum absolute atomic E-state index is 0.587. The molecule has 0 heterocycles. The molecule has 0 aliphatic rings. The van der Waals surface area contributed by atoms with Crippen LogP contribution in [0.5, 0.6) is 0 Å². The van der Waals surface area contributed by atoms with E-state index in [0.717, 1.165) is 10.8 Å². The molecule has 1 heteroatoms. The second-order valence-electron chi connectivity index (χ2n) is 3.62. The number of nitrogens with two attached hydrogens (primary N) is 1. The summed E-state index contributed by atoms with van der Waals surface area (Å²) in [6.45, 7) is 0. The van der Waals surface area contributed by atoms with Gasteiger partial charge in [0.2, 0.25) is 0 Å². The number of fused-ring (bicyclic) bond motifs is 1. The van der Waals surface area contributed by atoms with Crippen LogP contribution in [0, 0.1) is 37.0 Å². The van der Waals surface area contributed by atoms with Crippen molar-refractivity contribution in [1.82, 2.24) is 0 Å². The number of benzene rings is 2. The van der Waals surface area contributed by atoms with E-state index in [1.807, 2.05) is 12.1 Å². The monoisotopic (exact) mass is 215 g/mol. The molecule has 0 saturated carbocycles. The minimum atomic E-state index is 0.587. The summed E-state index contributed by atoms with van der Waals surface area (Å²) < 4.78 is 0. The Hall–Kier alpha value is -2.82. The van der Waals surface area contributed by atoms with Gasteiger partial charge >= 0.3 is 0 Å². The Bertz CT molecular complexity index is 731. The molecule has 0 saturated heterocycles. The zero-order valence-electron chi connectivity index (χ0n) is 9.12. The number of terminal acetylenes is 3. The standard InChI is InChI=1S/C16H9N/c1-4-11-7-13(6-3)14-8-12(5-2)10-16(17)15(14)9-11/h1-3,7-10H,17H2. The van der Waals surface area contributed by atoms with E-state index in [9.17, 15) is 0 Å². The van der Waals surface area contributed by atoms with Crippen molar-refractivity contribution in [2.75, 3.05) is 5.73 Å². The van der Waals surface area contributed by atoms with Gasteiger partial charge in [-0.05, 0) is 24.3 Å². The Morgan fingerprint density at radius 1 is 0.765 bits per heavy atom. The summed E-state index contributed by atoms with van der Waals surface area (Å²) in [7, 11) is 0. The average molecular weight is 215 g/mol. The highest BCUT2D eigenvalue weighted by molar-refractivity contribution is 5.98. The van der Waals surface area contributed by atoms with Crippen molar-refractivity contribution >= 4 is 16.5 Å². The van der Waals surface area contributed by atoms with E-state index in [2.05, 4.69) is 17.8 Å². The molecule has 0 radical (unpaired) electrons. The van der Waals surface area contributed by atoms with Crippen LogP contribution in [0.2, 0.25) is 0 Å². The van der Waals surface area contributed by atoms with E-state index in [1.54, 1.807) is 12.1 Å². The summed E-state index contributed by atoms with van der Waals surface area (Å²) in [4.78, 5) is 0. The van der Waals surface area contributed by atoms with Crippen LogP contribution in [0.4, 0.5) is 5.69 Å². The van der Waals surface area contributed by atoms with Crippen LogP contribution in [0.3, 0.4) is 0 Å². The Kier molecular flexibility index (Phi) is 2.50. The van der Waals surface area contributed by atoms with Crippen LogP contribution in [-0.2, 0) is 0 Å². The lowest BCUT2D eigenvalue weighted by molar-refractivity contribution is 1.63. The first kappa shape index (κ1) is 10.7. The van der Waals surface area contributed by atoms with Gasteiger partial charge in [-0.15, -0.1) is 19.3 Å². The van der Waals surface area contributed by atoms with E-state index < -0.39 is 0 Å². The summed E-state index contributed by atoms with van der Waals surface area (Å²) in [5, 5.41) is 1.70. The SMILES string of the molecule is C#Cc1cc(C#C)c2cc(C#C)cc(N)c2c1. The fourth-order valence-electron chi connectivity index (χ4n) is 1.78. The zero-order chi connectivity index (χ0) is 12.4. The predicted molar refractivity (Wildman–Crippen MR) is 72.2 cm³/mol. The molecule has 0 fully saturated rings. The Morgan fingerprint density at radius 2 is 1.35 bits per heavy atom. The van der Waals surface area contributed by atoms with Gasteiger partial charge in [0.05, 0.1) is 0 Å². The quantitative estimate of drug-likeness (QED) is 0.530. The van der Waals surface area contributed by atoms with Crippen molar-refractivity contribution in [3.63, 3.8) is 0 Å². The van der Waals surface area contributed by atoms with Crippen LogP contribution in [0.15, 0.2) is 24.3 Å². The summed E-state index contributed by atoms with van der Waals surface area (Å²) in [5.41, 5.74) is 8.66. The van der Waals surface area contributed by atoms with E-state index in [0.29, 0.717) is 22.4 Å². The first-order valence-corrected chi connectivity index (χ1v) is 4.96. The first-order valence-electron chi connectivity index (χ1n) is 4.96. The molecule has 0 aliphatic carbocycles. The summed E-state index contributed by atoms with van der Waals surface area (Å²) in [6, 6.07) is 7.21. The number of hydrogen-bond donors (Lipinski definition) is 1. The van der Waals surface area contributed by atoms with Crippen molar-refractivity contribution in [3.8, 4) is 37.0 Å². The van der Waals surface area contributed by atoms with E-state index in [4.69, 9.17) is 25.0 Å². The fraction of sp³-hybridized carbons (Fsp3) is 0. The normalized spacial score (nSPS) is 9.24. The van der Waals surface area contributed by atoms with Crippen LogP contribution in [0.25, 0.3) is 10.8 Å². The highest BCUT2D eigenvalue weighted by Gasteiger charge is 2.06. The largest absolute Gasteiger partial charge is 0.398 e. The molecule has 0 atom stereocenters. The van der Waals surface area contributed by atoms with Gasteiger partial charge in [-0.1, -0.05) is 17.8 Å². The van der Waals surface area contributed by atoms with Crippen molar-refractivity contribution in [3.05, 3.63) is 41.0 Å². The maximum Gasteiger partial charge on any atom is 0.0407 e. The van der Waals surface area contributed by atoms with Gasteiger partial charge < -0.3 is 5.73 Å². The smallest absolute Gasteiger partial charge is 0.0407 e. The summed E-state index contributed by atoms with van der Waals surface area (Å²) in [6.07, 6.45) is 16.2. The van der Waals surface area contributed by atoms with Gasteiger partial charge in [0, 0.05) is 33.2 Å². The Balaban J connectivity index is 2.98. The van der Waals surface area contributed by atoms with Gasteiger partial charge in [0.25, 0.3) is 0 Å². The first-order chi connectivity index (χ1) is 8.19. The number of nitrogen functional groups attached to an aromatic ring is 1. The maximum absolute atomic E-state index is 5.95. The Labute approximate surface area is 101 Å². The van der Waals surface area contributed by atoms with E-state index >= 15 is 0 Å². The van der Waals surface area contributed by atoms with Gasteiger partial charge in [-0.25, -0.2) is 0 Å². The van der Waals surface area contributed by atoms with Crippen molar-refractivity contribution in [2.24, 2.45) is 0 Å². The third kappa shape index (κ3) is 1.69. The molecular formula is C16H9N. The average Bonchev–Trinajstić information content (AvgIpc) is 2.37. The second kappa shape index (κ2) is 3.97. The minimum Gasteiger partial charge on any atom is -0.398 e. The zero-order valence-corrected chi connectivity index (χ0v) is 9.12. The van der Waals surface area contributed by atoms with Crippen LogP contribution >= 0.6 is 0 Å². The third-order valence-electron chi connectivity index (χ3n) is 2.59. The maximum atomic E-state index is 5.95. The number of hydrogen-bond acceptors (Lipinski definition) is 1. The molecule has 0 spiro atoms. The molecule has 0 amide bonds. The van der Waals surface area contributed by atoms with Crippen LogP contribution in [0.1, 0.15) is 16.7 Å². The lowest BCUT2D eigenvalue weighted by Gasteiger charge is -2.07. The van der Waals surface area contributed by atoms with Crippen molar-refractivity contribution in [1.29, 1.82) is 0 Å². The molecule has 2 N–H and O–H groups in total. The highest BCUT2D eigenvalue weighted by atomic mass is 14.5. The molecule has 0 aromatic heterocycles. The number of anilines is 1. The molecule has 1 nitrogen and oxygen atoms in total. The van der Waals surface area contributed by atoms with Gasteiger partial charge in [0.1, 0.15) is 0 Å². The Morgan fingerprint density at radius 3 is 1.94 bits per heavy atom. The molecule has 0 aliphatic heterocycles. The molecule has 17 heavy (non-hydrogen) atoms. The topological polar surface area (TPSA) is 26.0 Å². The third-order valence-corrected chi connectivity index (χ3v) is 2.59. The molecule has 2 aromatic rings. The molecule has 0 unspecified atom stereocenters. The van der Waals surface area contributed by atoms with Crippen LogP contribution in [-0.4, -0.2) is 0 Å². The van der Waals surface area contributed by atoms with Gasteiger partial charge in [-0.3, -0.25) is 0 Å². The summed E-state index contributed by atoms with van der Waals surface area (Å²) in [5.74, 6) is 7.71. The van der Waals surface area contributed by atoms with Crippen LogP contribution < -0.4 is 5.73 Å². The molecule has 78 valence electrons. The molecule has 2 rings (SSSR count). The van der Waals surface area contributed by atoms with Crippen molar-refractivity contribution < 1.29 is 0 Å². The lowest BCUT2D eigenvalue weighted by atomic mass is 9.98. The molecular weight excluding hydrogens is 206 g/mol. The number of rotatable bonds is 0. The van der Waals surface area contributed by atoms with E-state index in [-0.39, 0.29) is 0 Å². The van der Waals surface area contributed by atoms with E-state index in [1.165, 1.54) is 0 Å². The molecule has 2 aromatic carbocycles. The predicted octanol–water partition coefficient (Wildman–Crippen LogP) is 2.37. The van der Waals surface area contributed by atoms with Crippen molar-refractivity contribution in [2.45, 2.75) is 0 Å².